The average Bonchev–Trinajstić information content (AvgIpc) is 2.78. The number of carbonyl (C=O) groups excluding carboxylic acids is 2. The Morgan fingerprint density at radius 1 is 1.38 bits per heavy atom. The normalized spacial score (nSPS) is 22.0. The molecule has 0 atom stereocenters. The number of imide groups is 1. The van der Waals surface area contributed by atoms with Crippen LogP contribution in [0.5, 0.6) is 0 Å². The van der Waals surface area contributed by atoms with Gasteiger partial charge in [0.05, 0.1) is 10.6 Å². The van der Waals surface area contributed by atoms with Crippen LogP contribution in [-0.2, 0) is 4.79 Å². The van der Waals surface area contributed by atoms with E-state index in [0.29, 0.717) is 16.5 Å². The van der Waals surface area contributed by atoms with Gasteiger partial charge in [0.1, 0.15) is 0 Å². The van der Waals surface area contributed by atoms with Gasteiger partial charge in [-0.15, -0.1) is 0 Å². The second-order valence-corrected chi connectivity index (χ2v) is 6.32. The van der Waals surface area contributed by atoms with Crippen LogP contribution in [-0.4, -0.2) is 34.2 Å². The van der Waals surface area contributed by atoms with Crippen LogP contribution in [0.4, 0.5) is 10.7 Å². The first-order valence-corrected chi connectivity index (χ1v) is 7.76. The van der Waals surface area contributed by atoms with Gasteiger partial charge in [0, 0.05) is 19.3 Å². The predicted octanol–water partition coefficient (Wildman–Crippen LogP) is 2.04. The van der Waals surface area contributed by atoms with E-state index in [-0.39, 0.29) is 11.1 Å². The lowest BCUT2D eigenvalue weighted by molar-refractivity contribution is -0.115. The van der Waals surface area contributed by atoms with E-state index in [9.17, 15) is 9.59 Å². The number of carbonyl (C=O) groups is 2. The molecule has 0 bridgehead atoms. The zero-order valence-electron chi connectivity index (χ0n) is 11.7. The molecular weight excluding hydrogens is 288 g/mol. The van der Waals surface area contributed by atoms with Crippen LogP contribution >= 0.6 is 11.8 Å². The van der Waals surface area contributed by atoms with Crippen molar-refractivity contribution in [1.82, 2.24) is 15.3 Å². The number of hydrogen-bond acceptors (Lipinski definition) is 6. The van der Waals surface area contributed by atoms with Crippen molar-refractivity contribution in [3.8, 4) is 0 Å². The largest absolute Gasteiger partial charge is 0.341 e. The summed E-state index contributed by atoms with van der Waals surface area (Å²) in [5.41, 5.74) is 0.644. The fourth-order valence-corrected chi connectivity index (χ4v) is 3.03. The highest BCUT2D eigenvalue weighted by molar-refractivity contribution is 8.18. The Kier molecular flexibility index (Phi) is 3.92. The van der Waals surface area contributed by atoms with Crippen molar-refractivity contribution in [3.63, 3.8) is 0 Å². The molecule has 7 heteroatoms. The molecule has 0 aromatic carbocycles. The number of anilines is 1. The van der Waals surface area contributed by atoms with E-state index in [0.717, 1.165) is 43.6 Å². The zero-order chi connectivity index (χ0) is 14.8. The maximum absolute atomic E-state index is 11.5. The Balaban J connectivity index is 1.79. The summed E-state index contributed by atoms with van der Waals surface area (Å²) in [6.45, 7) is 4.16. The third kappa shape index (κ3) is 3.24. The molecule has 1 N–H and O–H groups in total. The molecule has 0 unspecified atom stereocenters. The van der Waals surface area contributed by atoms with Gasteiger partial charge in [-0.1, -0.05) is 6.92 Å². The van der Waals surface area contributed by atoms with Crippen LogP contribution in [0, 0.1) is 5.92 Å². The number of amides is 2. The summed E-state index contributed by atoms with van der Waals surface area (Å²) in [6.07, 6.45) is 5.59. The van der Waals surface area contributed by atoms with Gasteiger partial charge in [0.25, 0.3) is 11.1 Å². The highest BCUT2D eigenvalue weighted by atomic mass is 32.2. The number of piperidine rings is 1. The van der Waals surface area contributed by atoms with Crippen molar-refractivity contribution in [1.29, 1.82) is 0 Å². The Labute approximate surface area is 127 Å². The summed E-state index contributed by atoms with van der Waals surface area (Å²) in [4.78, 5) is 34.0. The minimum atomic E-state index is -0.364. The van der Waals surface area contributed by atoms with Gasteiger partial charge < -0.3 is 4.90 Å². The quantitative estimate of drug-likeness (QED) is 0.843. The molecule has 0 spiro atoms. The van der Waals surface area contributed by atoms with Crippen LogP contribution in [0.25, 0.3) is 6.08 Å². The van der Waals surface area contributed by atoms with Crippen molar-refractivity contribution in [2.45, 2.75) is 19.8 Å². The van der Waals surface area contributed by atoms with Gasteiger partial charge >= 0.3 is 0 Å². The second-order valence-electron chi connectivity index (χ2n) is 5.30. The number of nitrogens with zero attached hydrogens (tertiary/aromatic N) is 3. The van der Waals surface area contributed by atoms with Gasteiger partial charge in [-0.25, -0.2) is 9.97 Å². The van der Waals surface area contributed by atoms with E-state index >= 15 is 0 Å². The molecule has 3 heterocycles. The smallest absolute Gasteiger partial charge is 0.290 e. The minimum absolute atomic E-state index is 0.342. The predicted molar refractivity (Wildman–Crippen MR) is 81.7 cm³/mol. The molecule has 0 saturated carbocycles. The topological polar surface area (TPSA) is 75.2 Å². The minimum Gasteiger partial charge on any atom is -0.341 e. The third-order valence-corrected chi connectivity index (χ3v) is 4.46. The standard InChI is InChI=1S/C14H16N4O2S/c1-9-3-6-18(7-4-9)13-15-5-2-10(16-13)8-11-12(19)17-14(20)21-11/h2,5,8-9H,3-4,6-7H2,1H3,(H,17,19,20). The zero-order valence-corrected chi connectivity index (χ0v) is 12.5. The number of rotatable bonds is 2. The molecule has 1 aromatic heterocycles. The molecule has 0 radical (unpaired) electrons. The molecule has 21 heavy (non-hydrogen) atoms. The van der Waals surface area contributed by atoms with Crippen LogP contribution < -0.4 is 10.2 Å². The first-order valence-electron chi connectivity index (χ1n) is 6.94. The Morgan fingerprint density at radius 3 is 2.81 bits per heavy atom. The van der Waals surface area contributed by atoms with Crippen molar-refractivity contribution in [3.05, 3.63) is 22.9 Å². The van der Waals surface area contributed by atoms with Gasteiger partial charge in [-0.2, -0.15) is 0 Å². The number of aromatic nitrogens is 2. The molecule has 2 fully saturated rings. The monoisotopic (exact) mass is 304 g/mol. The molecule has 2 saturated heterocycles. The first kappa shape index (κ1) is 14.1. The molecule has 6 nitrogen and oxygen atoms in total. The number of hydrogen-bond donors (Lipinski definition) is 1. The average molecular weight is 304 g/mol. The van der Waals surface area contributed by atoms with Crippen LogP contribution in [0.15, 0.2) is 17.2 Å². The van der Waals surface area contributed by atoms with Crippen LogP contribution in [0.3, 0.4) is 0 Å². The van der Waals surface area contributed by atoms with Gasteiger partial charge in [0.15, 0.2) is 0 Å². The summed E-state index contributed by atoms with van der Waals surface area (Å²) in [5, 5.41) is 1.89. The molecular formula is C14H16N4O2S. The Bertz CT molecular complexity index is 609. The number of nitrogens with one attached hydrogen (secondary N) is 1. The van der Waals surface area contributed by atoms with Crippen LogP contribution in [0.2, 0.25) is 0 Å². The van der Waals surface area contributed by atoms with Crippen molar-refractivity contribution >= 4 is 34.9 Å². The van der Waals surface area contributed by atoms with Gasteiger partial charge in [-0.3, -0.25) is 14.9 Å². The first-order chi connectivity index (χ1) is 10.1. The van der Waals surface area contributed by atoms with Crippen molar-refractivity contribution < 1.29 is 9.59 Å². The highest BCUT2D eigenvalue weighted by Crippen LogP contribution is 2.25. The summed E-state index contributed by atoms with van der Waals surface area (Å²) in [5.74, 6) is 1.07. The molecule has 2 amide bonds. The van der Waals surface area contributed by atoms with Gasteiger partial charge in [0.2, 0.25) is 5.95 Å². The summed E-state index contributed by atoms with van der Waals surface area (Å²) < 4.78 is 0. The van der Waals surface area contributed by atoms with E-state index < -0.39 is 0 Å². The van der Waals surface area contributed by atoms with E-state index in [1.165, 1.54) is 0 Å². The summed E-state index contributed by atoms with van der Waals surface area (Å²) in [7, 11) is 0. The lowest BCUT2D eigenvalue weighted by Crippen LogP contribution is -2.34. The van der Waals surface area contributed by atoms with E-state index in [1.54, 1.807) is 18.3 Å². The van der Waals surface area contributed by atoms with Crippen molar-refractivity contribution in [2.75, 3.05) is 18.0 Å². The Hall–Kier alpha value is -1.89. The lowest BCUT2D eigenvalue weighted by atomic mass is 10.00. The van der Waals surface area contributed by atoms with Gasteiger partial charge in [-0.05, 0) is 42.7 Å². The number of thioether (sulfide) groups is 1. The molecule has 1 aromatic rings. The van der Waals surface area contributed by atoms with E-state index in [2.05, 4.69) is 27.1 Å². The van der Waals surface area contributed by atoms with Crippen molar-refractivity contribution in [2.24, 2.45) is 5.92 Å². The summed E-state index contributed by atoms with van der Waals surface area (Å²) in [6, 6.07) is 1.74. The molecule has 110 valence electrons. The molecule has 2 aliphatic rings. The fraction of sp³-hybridized carbons (Fsp3) is 0.429. The third-order valence-electron chi connectivity index (χ3n) is 3.65. The second kappa shape index (κ2) is 5.85. The molecule has 3 rings (SSSR count). The maximum Gasteiger partial charge on any atom is 0.290 e. The molecule has 0 aliphatic carbocycles. The fourth-order valence-electron chi connectivity index (χ4n) is 2.36. The van der Waals surface area contributed by atoms with E-state index in [4.69, 9.17) is 0 Å². The van der Waals surface area contributed by atoms with Crippen LogP contribution in [0.1, 0.15) is 25.5 Å². The lowest BCUT2D eigenvalue weighted by Gasteiger charge is -2.30. The summed E-state index contributed by atoms with van der Waals surface area (Å²) >= 11 is 0.898. The molecule has 2 aliphatic heterocycles. The Morgan fingerprint density at radius 2 is 2.14 bits per heavy atom. The SMILES string of the molecule is CC1CCN(c2nccc(C=C3SC(=O)NC3=O)n2)CC1. The maximum atomic E-state index is 11.5. The van der Waals surface area contributed by atoms with E-state index in [1.807, 2.05) is 0 Å². The highest BCUT2D eigenvalue weighted by Gasteiger charge is 2.25.